The molecule has 0 aromatic heterocycles. The molecule has 0 aliphatic heterocycles. The number of carbonyl (C=O) groups is 1. The minimum atomic E-state index is 0.0884. The Morgan fingerprint density at radius 1 is 0.944 bits per heavy atom. The number of carbonyl (C=O) groups excluding carboxylic acids is 1. The lowest BCUT2D eigenvalue weighted by Crippen LogP contribution is -2.41. The Morgan fingerprint density at radius 2 is 1.61 bits per heavy atom. The Hall–Kier alpha value is -0.770. The Kier molecular flexibility index (Phi) is 10.8. The van der Waals surface area contributed by atoms with E-state index in [1.807, 2.05) is 11.8 Å². The maximum atomic E-state index is 11.9. The molecule has 4 nitrogen and oxygen atoms in total. The molecule has 0 radical (unpaired) electrons. The van der Waals surface area contributed by atoms with Gasteiger partial charge in [0.1, 0.15) is 0 Å². The smallest absolute Gasteiger partial charge is 0.317 e. The minimum Gasteiger partial charge on any atom is -0.338 e. The molecular formula is C14H31N3O. The average Bonchev–Trinajstić information content (AvgIpc) is 2.39. The molecule has 0 fully saturated rings. The van der Waals surface area contributed by atoms with Gasteiger partial charge in [-0.25, -0.2) is 4.79 Å². The lowest BCUT2D eigenvalue weighted by Gasteiger charge is -2.23. The first-order valence-electron chi connectivity index (χ1n) is 7.44. The van der Waals surface area contributed by atoms with E-state index in [9.17, 15) is 4.79 Å². The van der Waals surface area contributed by atoms with Gasteiger partial charge >= 0.3 is 6.03 Å². The Bertz CT molecular complexity index is 205. The van der Waals surface area contributed by atoms with Crippen LogP contribution in [-0.4, -0.2) is 55.1 Å². The van der Waals surface area contributed by atoms with Crippen molar-refractivity contribution in [3.63, 3.8) is 0 Å². The van der Waals surface area contributed by atoms with Gasteiger partial charge in [0.05, 0.1) is 0 Å². The summed E-state index contributed by atoms with van der Waals surface area (Å²) in [5.74, 6) is 0. The lowest BCUT2D eigenvalue weighted by atomic mass is 10.3. The van der Waals surface area contributed by atoms with Crippen LogP contribution in [0, 0.1) is 0 Å². The Morgan fingerprint density at radius 3 is 2.11 bits per heavy atom. The van der Waals surface area contributed by atoms with Crippen LogP contribution in [0.3, 0.4) is 0 Å². The van der Waals surface area contributed by atoms with Crippen LogP contribution in [0.1, 0.15) is 47.0 Å². The maximum Gasteiger partial charge on any atom is 0.317 e. The normalized spacial score (nSPS) is 10.7. The van der Waals surface area contributed by atoms with Gasteiger partial charge in [0.2, 0.25) is 0 Å². The molecule has 0 unspecified atom stereocenters. The summed E-state index contributed by atoms with van der Waals surface area (Å²) in [6, 6.07) is 0.0884. The second-order valence-electron chi connectivity index (χ2n) is 4.55. The fraction of sp³-hybridized carbons (Fsp3) is 0.929. The highest BCUT2D eigenvalue weighted by molar-refractivity contribution is 5.74. The fourth-order valence-corrected chi connectivity index (χ4v) is 1.91. The van der Waals surface area contributed by atoms with Crippen molar-refractivity contribution >= 4 is 6.03 Å². The van der Waals surface area contributed by atoms with Crippen molar-refractivity contribution in [2.24, 2.45) is 0 Å². The van der Waals surface area contributed by atoms with Crippen molar-refractivity contribution in [3.05, 3.63) is 0 Å². The number of amides is 2. The maximum absolute atomic E-state index is 11.9. The predicted octanol–water partition coefficient (Wildman–Crippen LogP) is 2.55. The number of hydrogen-bond acceptors (Lipinski definition) is 2. The van der Waals surface area contributed by atoms with Crippen LogP contribution < -0.4 is 5.32 Å². The SMILES string of the molecule is CCCCNC(=O)N(CC)CCCN(CC)CC. The zero-order valence-corrected chi connectivity index (χ0v) is 12.7. The zero-order valence-electron chi connectivity index (χ0n) is 12.7. The van der Waals surface area contributed by atoms with Gasteiger partial charge in [0.25, 0.3) is 0 Å². The Balaban J connectivity index is 3.84. The summed E-state index contributed by atoms with van der Waals surface area (Å²) in [5, 5.41) is 2.97. The van der Waals surface area contributed by atoms with Crippen LogP contribution >= 0.6 is 0 Å². The number of nitrogens with zero attached hydrogens (tertiary/aromatic N) is 2. The highest BCUT2D eigenvalue weighted by Crippen LogP contribution is 1.96. The van der Waals surface area contributed by atoms with Crippen molar-refractivity contribution in [2.75, 3.05) is 39.3 Å². The molecule has 4 heteroatoms. The summed E-state index contributed by atoms with van der Waals surface area (Å²) >= 11 is 0. The first kappa shape index (κ1) is 17.2. The monoisotopic (exact) mass is 257 g/mol. The van der Waals surface area contributed by atoms with Gasteiger partial charge in [-0.1, -0.05) is 27.2 Å². The number of unbranched alkanes of at least 4 members (excludes halogenated alkanes) is 1. The van der Waals surface area contributed by atoms with E-state index in [0.717, 1.165) is 58.5 Å². The van der Waals surface area contributed by atoms with Crippen LogP contribution in [0.25, 0.3) is 0 Å². The standard InChI is InChI=1S/C14H31N3O/c1-5-9-11-15-14(18)17(8-4)13-10-12-16(6-2)7-3/h5-13H2,1-4H3,(H,15,18). The molecule has 0 heterocycles. The summed E-state index contributed by atoms with van der Waals surface area (Å²) in [5.41, 5.74) is 0. The van der Waals surface area contributed by atoms with Crippen LogP contribution in [0.5, 0.6) is 0 Å². The van der Waals surface area contributed by atoms with Gasteiger partial charge in [0.15, 0.2) is 0 Å². The van der Waals surface area contributed by atoms with E-state index in [1.54, 1.807) is 0 Å². The molecule has 0 bridgehead atoms. The van der Waals surface area contributed by atoms with Gasteiger partial charge in [-0.15, -0.1) is 0 Å². The number of urea groups is 1. The molecule has 1 N–H and O–H groups in total. The average molecular weight is 257 g/mol. The Labute approximate surface area is 113 Å². The summed E-state index contributed by atoms with van der Waals surface area (Å²) in [7, 11) is 0. The molecule has 0 aromatic rings. The van der Waals surface area contributed by atoms with Crippen molar-refractivity contribution in [1.29, 1.82) is 0 Å². The van der Waals surface area contributed by atoms with Crippen molar-refractivity contribution < 1.29 is 4.79 Å². The van der Waals surface area contributed by atoms with Gasteiger partial charge in [-0.3, -0.25) is 0 Å². The zero-order chi connectivity index (χ0) is 13.8. The van der Waals surface area contributed by atoms with Crippen molar-refractivity contribution in [3.8, 4) is 0 Å². The molecule has 0 aliphatic rings. The van der Waals surface area contributed by atoms with Crippen LogP contribution in [0.2, 0.25) is 0 Å². The minimum absolute atomic E-state index is 0.0884. The molecule has 0 spiro atoms. The van der Waals surface area contributed by atoms with Crippen LogP contribution in [-0.2, 0) is 0 Å². The molecule has 18 heavy (non-hydrogen) atoms. The first-order valence-corrected chi connectivity index (χ1v) is 7.44. The third kappa shape index (κ3) is 7.54. The van der Waals surface area contributed by atoms with Crippen LogP contribution in [0.4, 0.5) is 4.79 Å². The van der Waals surface area contributed by atoms with E-state index in [0.29, 0.717) is 0 Å². The van der Waals surface area contributed by atoms with E-state index < -0.39 is 0 Å². The predicted molar refractivity (Wildman–Crippen MR) is 78.0 cm³/mol. The highest BCUT2D eigenvalue weighted by Gasteiger charge is 2.10. The van der Waals surface area contributed by atoms with E-state index in [-0.39, 0.29) is 6.03 Å². The van der Waals surface area contributed by atoms with Gasteiger partial charge in [0, 0.05) is 19.6 Å². The molecule has 2 amide bonds. The van der Waals surface area contributed by atoms with E-state index >= 15 is 0 Å². The van der Waals surface area contributed by atoms with Crippen LogP contribution in [0.15, 0.2) is 0 Å². The summed E-state index contributed by atoms with van der Waals surface area (Å²) in [4.78, 5) is 16.2. The first-order chi connectivity index (χ1) is 8.69. The van der Waals surface area contributed by atoms with Gasteiger partial charge in [-0.05, 0) is 39.4 Å². The second-order valence-corrected chi connectivity index (χ2v) is 4.55. The molecule has 0 saturated carbocycles. The number of hydrogen-bond donors (Lipinski definition) is 1. The van der Waals surface area contributed by atoms with E-state index in [1.165, 1.54) is 0 Å². The van der Waals surface area contributed by atoms with Crippen molar-refractivity contribution in [1.82, 2.24) is 15.1 Å². The third-order valence-corrected chi connectivity index (χ3v) is 3.27. The largest absolute Gasteiger partial charge is 0.338 e. The molecule has 0 aromatic carbocycles. The summed E-state index contributed by atoms with van der Waals surface area (Å²) < 4.78 is 0. The molecule has 0 rings (SSSR count). The topological polar surface area (TPSA) is 35.6 Å². The quantitative estimate of drug-likeness (QED) is 0.611. The number of rotatable bonds is 10. The molecule has 0 atom stereocenters. The van der Waals surface area contributed by atoms with E-state index in [2.05, 4.69) is 31.0 Å². The number of nitrogens with one attached hydrogen (secondary N) is 1. The third-order valence-electron chi connectivity index (χ3n) is 3.27. The summed E-state index contributed by atoms with van der Waals surface area (Å²) in [6.07, 6.45) is 3.23. The van der Waals surface area contributed by atoms with Gasteiger partial charge in [-0.2, -0.15) is 0 Å². The molecule has 0 saturated heterocycles. The lowest BCUT2D eigenvalue weighted by molar-refractivity contribution is 0.195. The molecule has 108 valence electrons. The highest BCUT2D eigenvalue weighted by atomic mass is 16.2. The molecular weight excluding hydrogens is 226 g/mol. The summed E-state index contributed by atoms with van der Waals surface area (Å²) in [6.45, 7) is 14.2. The second kappa shape index (κ2) is 11.3. The van der Waals surface area contributed by atoms with Crippen molar-refractivity contribution in [2.45, 2.75) is 47.0 Å². The molecule has 0 aliphatic carbocycles. The fourth-order valence-electron chi connectivity index (χ4n) is 1.91. The van der Waals surface area contributed by atoms with Gasteiger partial charge < -0.3 is 15.1 Å². The van der Waals surface area contributed by atoms with E-state index in [4.69, 9.17) is 0 Å².